The maximum absolute atomic E-state index is 12.7. The molecule has 0 radical (unpaired) electrons. The third kappa shape index (κ3) is 4.64. The zero-order valence-corrected chi connectivity index (χ0v) is 18.5. The van der Waals surface area contributed by atoms with Gasteiger partial charge < -0.3 is 10.3 Å². The van der Waals surface area contributed by atoms with Gasteiger partial charge in [0.25, 0.3) is 5.56 Å². The number of aromatic amines is 1. The van der Waals surface area contributed by atoms with E-state index in [-0.39, 0.29) is 17.5 Å². The monoisotopic (exact) mass is 423 g/mol. The molecule has 0 saturated carbocycles. The number of amides is 1. The lowest BCUT2D eigenvalue weighted by atomic mass is 9.97. The molecule has 0 unspecified atom stereocenters. The molecule has 3 aromatic rings. The summed E-state index contributed by atoms with van der Waals surface area (Å²) in [6, 6.07) is 10.1. The predicted octanol–water partition coefficient (Wildman–Crippen LogP) is 4.70. The molecule has 2 aromatic heterocycles. The third-order valence-electron chi connectivity index (χ3n) is 5.71. The fraction of sp³-hybridized carbons (Fsp3) is 0.458. The zero-order valence-electron chi connectivity index (χ0n) is 17.7. The predicted molar refractivity (Wildman–Crippen MR) is 122 cm³/mol. The zero-order chi connectivity index (χ0) is 21.1. The maximum Gasteiger partial charge on any atom is 0.259 e. The minimum absolute atomic E-state index is 0.00258. The van der Waals surface area contributed by atoms with Crippen molar-refractivity contribution in [1.82, 2.24) is 15.3 Å². The molecule has 0 spiro atoms. The molecule has 0 fully saturated rings. The number of nitrogens with one attached hydrogen (secondary N) is 2. The number of hydrogen-bond acceptors (Lipinski definition) is 4. The Bertz CT molecular complexity index is 1090. The van der Waals surface area contributed by atoms with E-state index < -0.39 is 0 Å². The van der Waals surface area contributed by atoms with E-state index in [0.29, 0.717) is 24.6 Å². The molecule has 2 N–H and O–H groups in total. The van der Waals surface area contributed by atoms with Crippen molar-refractivity contribution < 1.29 is 4.79 Å². The Morgan fingerprint density at radius 3 is 2.73 bits per heavy atom. The molecule has 1 aliphatic carbocycles. The van der Waals surface area contributed by atoms with Crippen LogP contribution in [0.4, 0.5) is 0 Å². The Hall–Kier alpha value is -2.47. The average Bonchev–Trinajstić information content (AvgIpc) is 3.11. The van der Waals surface area contributed by atoms with Gasteiger partial charge in [-0.1, -0.05) is 44.2 Å². The number of aryl methyl sites for hydroxylation is 3. The van der Waals surface area contributed by atoms with Gasteiger partial charge in [0, 0.05) is 17.7 Å². The van der Waals surface area contributed by atoms with Crippen LogP contribution in [0.2, 0.25) is 0 Å². The van der Waals surface area contributed by atoms with Crippen LogP contribution in [-0.2, 0) is 24.1 Å². The standard InChI is InChI=1S/C24H29N3O2S/c1-15(2)14-18(16-8-4-3-5-9-16)25-21(28)13-12-20-26-23(29)22-17-10-6-7-11-19(17)30-24(22)27-20/h3-5,8-9,15,18H,6-7,10-14H2,1-2H3,(H,25,28)(H,26,27,29)/t18-/m0/s1. The van der Waals surface area contributed by atoms with Gasteiger partial charge in [-0.3, -0.25) is 9.59 Å². The van der Waals surface area contributed by atoms with Crippen LogP contribution in [-0.4, -0.2) is 15.9 Å². The van der Waals surface area contributed by atoms with Crippen molar-refractivity contribution in [2.75, 3.05) is 0 Å². The Kier molecular flexibility index (Phi) is 6.32. The van der Waals surface area contributed by atoms with Crippen molar-refractivity contribution in [3.05, 3.63) is 62.5 Å². The van der Waals surface area contributed by atoms with Crippen LogP contribution in [0.15, 0.2) is 35.1 Å². The molecule has 158 valence electrons. The van der Waals surface area contributed by atoms with Crippen molar-refractivity contribution in [1.29, 1.82) is 0 Å². The first-order valence-electron chi connectivity index (χ1n) is 10.9. The molecular weight excluding hydrogens is 394 g/mol. The van der Waals surface area contributed by atoms with E-state index in [2.05, 4.69) is 41.3 Å². The number of hydrogen-bond donors (Lipinski definition) is 2. The minimum atomic E-state index is -0.0585. The lowest BCUT2D eigenvalue weighted by Crippen LogP contribution is -2.30. The van der Waals surface area contributed by atoms with Crippen molar-refractivity contribution in [2.45, 2.75) is 64.8 Å². The van der Waals surface area contributed by atoms with Crippen LogP contribution in [0.1, 0.15) is 67.4 Å². The number of nitrogens with zero attached hydrogens (tertiary/aromatic N) is 1. The van der Waals surface area contributed by atoms with Crippen molar-refractivity contribution >= 4 is 27.5 Å². The molecule has 1 atom stereocenters. The molecule has 0 aliphatic heterocycles. The van der Waals surface area contributed by atoms with Gasteiger partial charge in [0.15, 0.2) is 0 Å². The van der Waals surface area contributed by atoms with Gasteiger partial charge in [0.05, 0.1) is 11.4 Å². The first-order valence-corrected chi connectivity index (χ1v) is 11.7. The Labute approximate surface area is 180 Å². The van der Waals surface area contributed by atoms with Crippen LogP contribution in [0.25, 0.3) is 10.2 Å². The molecule has 0 bridgehead atoms. The first kappa shape index (κ1) is 20.8. The summed E-state index contributed by atoms with van der Waals surface area (Å²) >= 11 is 1.65. The van der Waals surface area contributed by atoms with Gasteiger partial charge in [-0.25, -0.2) is 4.98 Å². The highest BCUT2D eigenvalue weighted by atomic mass is 32.1. The van der Waals surface area contributed by atoms with E-state index in [1.54, 1.807) is 11.3 Å². The van der Waals surface area contributed by atoms with E-state index in [9.17, 15) is 9.59 Å². The number of H-pyrrole nitrogens is 1. The number of carbonyl (C=O) groups excluding carboxylic acids is 1. The number of carbonyl (C=O) groups is 1. The van der Waals surface area contributed by atoms with Gasteiger partial charge in [0.1, 0.15) is 10.7 Å². The third-order valence-corrected chi connectivity index (χ3v) is 6.89. The molecule has 6 heteroatoms. The van der Waals surface area contributed by atoms with Crippen LogP contribution in [0.5, 0.6) is 0 Å². The van der Waals surface area contributed by atoms with Gasteiger partial charge in [-0.15, -0.1) is 11.3 Å². The van der Waals surface area contributed by atoms with E-state index in [4.69, 9.17) is 0 Å². The van der Waals surface area contributed by atoms with E-state index in [1.807, 2.05) is 18.2 Å². The molecule has 1 amide bonds. The Morgan fingerprint density at radius 2 is 1.97 bits per heavy atom. The van der Waals surface area contributed by atoms with Crippen molar-refractivity contribution in [2.24, 2.45) is 5.92 Å². The van der Waals surface area contributed by atoms with Gasteiger partial charge >= 0.3 is 0 Å². The summed E-state index contributed by atoms with van der Waals surface area (Å²) in [5, 5.41) is 3.94. The lowest BCUT2D eigenvalue weighted by Gasteiger charge is -2.21. The Morgan fingerprint density at radius 1 is 1.20 bits per heavy atom. The molecule has 1 aliphatic rings. The molecule has 4 rings (SSSR count). The highest BCUT2D eigenvalue weighted by molar-refractivity contribution is 7.18. The summed E-state index contributed by atoms with van der Waals surface area (Å²) in [4.78, 5) is 35.1. The molecular formula is C24H29N3O2S. The quantitative estimate of drug-likeness (QED) is 0.578. The highest BCUT2D eigenvalue weighted by Gasteiger charge is 2.20. The summed E-state index contributed by atoms with van der Waals surface area (Å²) < 4.78 is 0. The smallest absolute Gasteiger partial charge is 0.259 e. The van der Waals surface area contributed by atoms with E-state index in [0.717, 1.165) is 41.5 Å². The maximum atomic E-state index is 12.7. The molecule has 0 saturated heterocycles. The summed E-state index contributed by atoms with van der Waals surface area (Å²) in [7, 11) is 0. The molecule has 2 heterocycles. The summed E-state index contributed by atoms with van der Waals surface area (Å²) in [5.74, 6) is 1.06. The summed E-state index contributed by atoms with van der Waals surface area (Å²) in [6.07, 6.45) is 5.97. The second-order valence-electron chi connectivity index (χ2n) is 8.56. The van der Waals surface area contributed by atoms with Gasteiger partial charge in [-0.2, -0.15) is 0 Å². The van der Waals surface area contributed by atoms with Gasteiger partial charge in [0.2, 0.25) is 5.91 Å². The second-order valence-corrected chi connectivity index (χ2v) is 9.65. The van der Waals surface area contributed by atoms with Gasteiger partial charge in [-0.05, 0) is 49.1 Å². The largest absolute Gasteiger partial charge is 0.349 e. The number of rotatable bonds is 7. The molecule has 1 aromatic carbocycles. The van der Waals surface area contributed by atoms with E-state index in [1.165, 1.54) is 16.9 Å². The van der Waals surface area contributed by atoms with Crippen molar-refractivity contribution in [3.8, 4) is 0 Å². The minimum Gasteiger partial charge on any atom is -0.349 e. The molecule has 5 nitrogen and oxygen atoms in total. The topological polar surface area (TPSA) is 74.8 Å². The second kappa shape index (κ2) is 9.13. The van der Waals surface area contributed by atoms with Crippen LogP contribution >= 0.6 is 11.3 Å². The van der Waals surface area contributed by atoms with Crippen LogP contribution in [0, 0.1) is 5.92 Å². The van der Waals surface area contributed by atoms with Crippen LogP contribution in [0.3, 0.4) is 0 Å². The fourth-order valence-corrected chi connectivity index (χ4v) is 5.54. The average molecular weight is 424 g/mol. The molecule has 30 heavy (non-hydrogen) atoms. The summed E-state index contributed by atoms with van der Waals surface area (Å²) in [6.45, 7) is 4.32. The SMILES string of the molecule is CC(C)C[C@H](NC(=O)CCc1nc2sc3c(c2c(=O)[nH]1)CCCC3)c1ccccc1. The van der Waals surface area contributed by atoms with E-state index >= 15 is 0 Å². The lowest BCUT2D eigenvalue weighted by molar-refractivity contribution is -0.121. The number of benzene rings is 1. The number of aromatic nitrogens is 2. The Balaban J connectivity index is 1.45. The fourth-order valence-electron chi connectivity index (χ4n) is 4.26. The van der Waals surface area contributed by atoms with Crippen molar-refractivity contribution in [3.63, 3.8) is 0 Å². The summed E-state index contributed by atoms with van der Waals surface area (Å²) in [5.41, 5.74) is 2.26. The highest BCUT2D eigenvalue weighted by Crippen LogP contribution is 2.33. The first-order chi connectivity index (χ1) is 14.5. The normalized spacial score (nSPS) is 14.6. The number of thiophene rings is 1. The number of fused-ring (bicyclic) bond motifs is 3. The van der Waals surface area contributed by atoms with Crippen LogP contribution < -0.4 is 10.9 Å².